The van der Waals surface area contributed by atoms with Gasteiger partial charge in [0.15, 0.2) is 17.3 Å². The molecule has 1 N–H and O–H groups in total. The van der Waals surface area contributed by atoms with E-state index in [4.69, 9.17) is 5.11 Å². The molecule has 0 aliphatic rings. The molecule has 1 aromatic carbocycles. The van der Waals surface area contributed by atoms with Crippen molar-refractivity contribution in [3.63, 3.8) is 0 Å². The third kappa shape index (κ3) is 2.41. The van der Waals surface area contributed by atoms with E-state index in [1.54, 1.807) is 0 Å². The number of hydrogen-bond acceptors (Lipinski definition) is 2. The second-order valence-electron chi connectivity index (χ2n) is 4.86. The van der Waals surface area contributed by atoms with E-state index in [1.807, 2.05) is 13.8 Å². The summed E-state index contributed by atoms with van der Waals surface area (Å²) in [6.45, 7) is 3.73. The zero-order valence-corrected chi connectivity index (χ0v) is 11.3. The minimum atomic E-state index is -1.22. The predicted octanol–water partition coefficient (Wildman–Crippen LogP) is 3.19. The maximum Gasteiger partial charge on any atom is 0.356 e. The van der Waals surface area contributed by atoms with E-state index in [0.29, 0.717) is 5.56 Å². The van der Waals surface area contributed by atoms with Crippen molar-refractivity contribution in [1.29, 1.82) is 0 Å². The number of hydrogen-bond donors (Lipinski definition) is 1. The maximum absolute atomic E-state index is 14.0. The molecule has 0 aliphatic carbocycles. The van der Waals surface area contributed by atoms with Gasteiger partial charge in [0.25, 0.3) is 0 Å². The van der Waals surface area contributed by atoms with Crippen LogP contribution in [0.15, 0.2) is 18.2 Å². The first-order valence-corrected chi connectivity index (χ1v) is 6.08. The summed E-state index contributed by atoms with van der Waals surface area (Å²) in [6, 6.07) is 3.90. The Morgan fingerprint density at radius 2 is 1.95 bits per heavy atom. The van der Waals surface area contributed by atoms with Crippen LogP contribution in [0.2, 0.25) is 0 Å². The number of carboxylic acid groups (broad SMARTS) is 1. The molecule has 2 rings (SSSR count). The van der Waals surface area contributed by atoms with Gasteiger partial charge in [-0.05, 0) is 29.7 Å². The molecule has 1 heterocycles. The van der Waals surface area contributed by atoms with Crippen molar-refractivity contribution in [2.45, 2.75) is 19.8 Å². The number of benzene rings is 1. The van der Waals surface area contributed by atoms with Crippen molar-refractivity contribution < 1.29 is 18.7 Å². The molecule has 0 atom stereocenters. The third-order valence-corrected chi connectivity index (χ3v) is 3.09. The highest BCUT2D eigenvalue weighted by Crippen LogP contribution is 2.29. The topological polar surface area (TPSA) is 55.1 Å². The fraction of sp³-hybridized carbons (Fsp3) is 0.286. The van der Waals surface area contributed by atoms with Crippen LogP contribution in [0.4, 0.5) is 8.78 Å². The molecule has 0 bridgehead atoms. The van der Waals surface area contributed by atoms with Gasteiger partial charge in [0.1, 0.15) is 0 Å². The molecular formula is C14H14F2N2O2. The van der Waals surface area contributed by atoms with Crippen LogP contribution in [0.25, 0.3) is 11.3 Å². The summed E-state index contributed by atoms with van der Waals surface area (Å²) in [4.78, 5) is 10.9. The number of carbonyl (C=O) groups is 1. The zero-order valence-electron chi connectivity index (χ0n) is 11.3. The van der Waals surface area contributed by atoms with E-state index < -0.39 is 17.6 Å². The number of aromatic nitrogens is 2. The molecule has 0 aliphatic heterocycles. The van der Waals surface area contributed by atoms with Gasteiger partial charge >= 0.3 is 5.97 Å². The Balaban J connectivity index is 2.65. The molecule has 0 radical (unpaired) electrons. The first-order valence-electron chi connectivity index (χ1n) is 6.08. The summed E-state index contributed by atoms with van der Waals surface area (Å²) in [5, 5.41) is 12.7. The lowest BCUT2D eigenvalue weighted by atomic mass is 9.98. The van der Waals surface area contributed by atoms with Gasteiger partial charge in [-0.25, -0.2) is 13.6 Å². The number of aryl methyl sites for hydroxylation is 1. The molecule has 0 saturated carbocycles. The van der Waals surface area contributed by atoms with Gasteiger partial charge < -0.3 is 5.11 Å². The molecule has 20 heavy (non-hydrogen) atoms. The highest BCUT2D eigenvalue weighted by Gasteiger charge is 2.19. The Hall–Kier alpha value is -2.24. The van der Waals surface area contributed by atoms with Crippen LogP contribution >= 0.6 is 0 Å². The smallest absolute Gasteiger partial charge is 0.356 e. The Bertz CT molecular complexity index is 678. The lowest BCUT2D eigenvalue weighted by Crippen LogP contribution is -2.01. The van der Waals surface area contributed by atoms with E-state index in [-0.39, 0.29) is 22.9 Å². The summed E-state index contributed by atoms with van der Waals surface area (Å²) >= 11 is 0. The van der Waals surface area contributed by atoms with E-state index in [0.717, 1.165) is 6.07 Å². The van der Waals surface area contributed by atoms with Gasteiger partial charge in [0.2, 0.25) is 0 Å². The first kappa shape index (κ1) is 14.2. The van der Waals surface area contributed by atoms with Gasteiger partial charge in [0, 0.05) is 12.6 Å². The monoisotopic (exact) mass is 280 g/mol. The summed E-state index contributed by atoms with van der Waals surface area (Å²) in [7, 11) is 1.49. The molecule has 1 aromatic heterocycles. The summed E-state index contributed by atoms with van der Waals surface area (Å²) in [5.41, 5.74) is 0.659. The Labute approximate surface area is 114 Å². The molecular weight excluding hydrogens is 266 g/mol. The standard InChI is InChI=1S/C14H14F2N2O2/c1-7(2)8-4-9(13(16)10(15)5-8)12-6-11(14(19)20)17-18(12)3/h4-7H,1-3H3,(H,19,20). The molecule has 0 amide bonds. The molecule has 0 saturated heterocycles. The first-order chi connectivity index (χ1) is 9.31. The molecule has 2 aromatic rings. The largest absolute Gasteiger partial charge is 0.476 e. The summed E-state index contributed by atoms with van der Waals surface area (Å²) in [6.07, 6.45) is 0. The highest BCUT2D eigenvalue weighted by atomic mass is 19.2. The number of aromatic carboxylic acids is 1. The Morgan fingerprint density at radius 3 is 2.45 bits per heavy atom. The van der Waals surface area contributed by atoms with Gasteiger partial charge in [-0.1, -0.05) is 13.8 Å². The van der Waals surface area contributed by atoms with Crippen molar-refractivity contribution in [2.24, 2.45) is 7.05 Å². The zero-order chi connectivity index (χ0) is 15.0. The summed E-state index contributed by atoms with van der Waals surface area (Å²) < 4.78 is 28.8. The van der Waals surface area contributed by atoms with Crippen LogP contribution in [0.3, 0.4) is 0 Å². The van der Waals surface area contributed by atoms with Crippen LogP contribution in [0.5, 0.6) is 0 Å². The van der Waals surface area contributed by atoms with Crippen molar-refractivity contribution in [1.82, 2.24) is 9.78 Å². The van der Waals surface area contributed by atoms with Crippen LogP contribution < -0.4 is 0 Å². The van der Waals surface area contributed by atoms with Crippen LogP contribution in [0, 0.1) is 11.6 Å². The van der Waals surface area contributed by atoms with E-state index in [9.17, 15) is 13.6 Å². The average Bonchev–Trinajstić information content (AvgIpc) is 2.74. The molecule has 0 fully saturated rings. The van der Waals surface area contributed by atoms with E-state index >= 15 is 0 Å². The van der Waals surface area contributed by atoms with E-state index in [1.165, 1.54) is 23.9 Å². The lowest BCUT2D eigenvalue weighted by Gasteiger charge is -2.10. The van der Waals surface area contributed by atoms with Gasteiger partial charge in [-0.15, -0.1) is 0 Å². The number of rotatable bonds is 3. The number of carboxylic acids is 1. The van der Waals surface area contributed by atoms with Crippen molar-refractivity contribution in [3.05, 3.63) is 41.1 Å². The van der Waals surface area contributed by atoms with Gasteiger partial charge in [-0.3, -0.25) is 4.68 Å². The minimum Gasteiger partial charge on any atom is -0.476 e. The van der Waals surface area contributed by atoms with Crippen molar-refractivity contribution in [2.75, 3.05) is 0 Å². The molecule has 0 spiro atoms. The summed E-state index contributed by atoms with van der Waals surface area (Å²) in [5.74, 6) is -3.15. The Kier molecular flexibility index (Phi) is 3.57. The molecule has 6 heteroatoms. The van der Waals surface area contributed by atoms with Crippen molar-refractivity contribution in [3.8, 4) is 11.3 Å². The second kappa shape index (κ2) is 5.03. The fourth-order valence-corrected chi connectivity index (χ4v) is 1.95. The molecule has 4 nitrogen and oxygen atoms in total. The normalized spacial score (nSPS) is 11.1. The Morgan fingerprint density at radius 1 is 1.30 bits per heavy atom. The quantitative estimate of drug-likeness (QED) is 0.939. The van der Waals surface area contributed by atoms with Crippen LogP contribution in [-0.2, 0) is 7.05 Å². The van der Waals surface area contributed by atoms with Gasteiger partial charge in [0.05, 0.1) is 5.69 Å². The van der Waals surface area contributed by atoms with Crippen LogP contribution in [-0.4, -0.2) is 20.9 Å². The average molecular weight is 280 g/mol. The molecule has 0 unspecified atom stereocenters. The van der Waals surface area contributed by atoms with Gasteiger partial charge in [-0.2, -0.15) is 5.10 Å². The number of halogens is 2. The molecule has 106 valence electrons. The van der Waals surface area contributed by atoms with E-state index in [2.05, 4.69) is 5.10 Å². The second-order valence-corrected chi connectivity index (χ2v) is 4.86. The fourth-order valence-electron chi connectivity index (χ4n) is 1.95. The predicted molar refractivity (Wildman–Crippen MR) is 69.6 cm³/mol. The highest BCUT2D eigenvalue weighted by molar-refractivity contribution is 5.87. The lowest BCUT2D eigenvalue weighted by molar-refractivity contribution is 0.0689. The van der Waals surface area contributed by atoms with Crippen LogP contribution in [0.1, 0.15) is 35.8 Å². The minimum absolute atomic E-state index is 0.0104. The third-order valence-electron chi connectivity index (χ3n) is 3.09. The van der Waals surface area contributed by atoms with Crippen molar-refractivity contribution >= 4 is 5.97 Å². The SMILES string of the molecule is CC(C)c1cc(F)c(F)c(-c2cc(C(=O)O)nn2C)c1. The maximum atomic E-state index is 14.0. The number of nitrogens with zero attached hydrogens (tertiary/aromatic N) is 2.